The molecule has 21 heavy (non-hydrogen) atoms. The predicted molar refractivity (Wildman–Crippen MR) is 86.8 cm³/mol. The normalized spacial score (nSPS) is 11.4. The molecule has 0 aliphatic heterocycles. The van der Waals surface area contributed by atoms with E-state index < -0.39 is 5.60 Å². The van der Waals surface area contributed by atoms with Gasteiger partial charge in [0.1, 0.15) is 17.1 Å². The number of benzene rings is 2. The van der Waals surface area contributed by atoms with Crippen LogP contribution in [0.5, 0.6) is 11.5 Å². The quantitative estimate of drug-likeness (QED) is 0.804. The van der Waals surface area contributed by atoms with Gasteiger partial charge in [-0.05, 0) is 37.0 Å². The van der Waals surface area contributed by atoms with Crippen molar-refractivity contribution in [3.05, 3.63) is 59.7 Å². The van der Waals surface area contributed by atoms with Crippen LogP contribution in [-0.4, -0.2) is 5.11 Å². The zero-order valence-electron chi connectivity index (χ0n) is 13.1. The van der Waals surface area contributed by atoms with Gasteiger partial charge >= 0.3 is 0 Å². The summed E-state index contributed by atoms with van der Waals surface area (Å²) in [6, 6.07) is 15.6. The Bertz CT molecular complexity index is 586. The fraction of sp³-hybridized carbons (Fsp3) is 0.368. The summed E-state index contributed by atoms with van der Waals surface area (Å²) >= 11 is 0. The monoisotopic (exact) mass is 284 g/mol. The fourth-order valence-electron chi connectivity index (χ4n) is 2.80. The molecule has 0 aliphatic carbocycles. The van der Waals surface area contributed by atoms with Crippen molar-refractivity contribution in [1.29, 1.82) is 0 Å². The molecule has 1 N–H and O–H groups in total. The van der Waals surface area contributed by atoms with Crippen molar-refractivity contribution in [2.75, 3.05) is 0 Å². The number of rotatable bonds is 6. The summed E-state index contributed by atoms with van der Waals surface area (Å²) in [5.74, 6) is 1.21. The summed E-state index contributed by atoms with van der Waals surface area (Å²) < 4.78 is 6.43. The van der Waals surface area contributed by atoms with Crippen molar-refractivity contribution in [2.45, 2.75) is 45.6 Å². The topological polar surface area (TPSA) is 29.5 Å². The molecule has 0 atom stereocenters. The Labute approximate surface area is 127 Å². The van der Waals surface area contributed by atoms with Crippen molar-refractivity contribution >= 4 is 0 Å². The Hall–Kier alpha value is -1.96. The van der Waals surface area contributed by atoms with Gasteiger partial charge < -0.3 is 9.84 Å². The van der Waals surface area contributed by atoms with Gasteiger partial charge in [-0.1, -0.05) is 57.2 Å². The van der Waals surface area contributed by atoms with Crippen molar-refractivity contribution < 1.29 is 9.84 Å². The minimum Gasteiger partial charge on any atom is -0.508 e. The van der Waals surface area contributed by atoms with E-state index in [0.29, 0.717) is 5.75 Å². The number of para-hydroxylation sites is 2. The Morgan fingerprint density at radius 3 is 2.14 bits per heavy atom. The Morgan fingerprint density at radius 2 is 1.52 bits per heavy atom. The highest BCUT2D eigenvalue weighted by molar-refractivity contribution is 5.40. The third-order valence-electron chi connectivity index (χ3n) is 4.20. The fourth-order valence-corrected chi connectivity index (χ4v) is 2.80. The molecule has 2 aromatic carbocycles. The van der Waals surface area contributed by atoms with Crippen molar-refractivity contribution in [3.63, 3.8) is 0 Å². The summed E-state index contributed by atoms with van der Waals surface area (Å²) in [6.07, 6.45) is 2.54. The minimum atomic E-state index is -0.489. The first-order chi connectivity index (χ1) is 10.2. The summed E-state index contributed by atoms with van der Waals surface area (Å²) in [5, 5.41) is 10.2. The number of aryl methyl sites for hydroxylation is 1. The van der Waals surface area contributed by atoms with Gasteiger partial charge in [-0.2, -0.15) is 0 Å². The zero-order chi connectivity index (χ0) is 15.3. The summed E-state index contributed by atoms with van der Waals surface area (Å²) in [4.78, 5) is 0. The highest BCUT2D eigenvalue weighted by Gasteiger charge is 2.33. The van der Waals surface area contributed by atoms with Crippen LogP contribution in [0.3, 0.4) is 0 Å². The van der Waals surface area contributed by atoms with E-state index in [1.807, 2.05) is 36.4 Å². The van der Waals surface area contributed by atoms with E-state index >= 15 is 0 Å². The number of hydrogen-bond acceptors (Lipinski definition) is 2. The molecule has 2 rings (SSSR count). The molecule has 0 aromatic heterocycles. The van der Waals surface area contributed by atoms with E-state index in [1.165, 1.54) is 5.56 Å². The van der Waals surface area contributed by atoms with E-state index in [2.05, 4.69) is 26.8 Å². The molecule has 0 radical (unpaired) electrons. The van der Waals surface area contributed by atoms with Crippen molar-refractivity contribution in [1.82, 2.24) is 0 Å². The molecule has 0 aliphatic rings. The smallest absolute Gasteiger partial charge is 0.137 e. The molecule has 2 nitrogen and oxygen atoms in total. The molecule has 0 unspecified atom stereocenters. The lowest BCUT2D eigenvalue weighted by Crippen LogP contribution is -2.32. The lowest BCUT2D eigenvalue weighted by Gasteiger charge is -2.34. The summed E-state index contributed by atoms with van der Waals surface area (Å²) in [5.41, 5.74) is 1.57. The van der Waals surface area contributed by atoms with Crippen LogP contribution in [0, 0.1) is 0 Å². The van der Waals surface area contributed by atoms with Crippen LogP contribution in [0.15, 0.2) is 48.5 Å². The van der Waals surface area contributed by atoms with Crippen LogP contribution in [0.4, 0.5) is 0 Å². The maximum Gasteiger partial charge on any atom is 0.137 e. The molecule has 0 fully saturated rings. The van der Waals surface area contributed by atoms with Gasteiger partial charge in [-0.25, -0.2) is 0 Å². The summed E-state index contributed by atoms with van der Waals surface area (Å²) in [7, 11) is 0. The summed E-state index contributed by atoms with van der Waals surface area (Å²) in [6.45, 7) is 6.33. The van der Waals surface area contributed by atoms with Gasteiger partial charge in [-0.3, -0.25) is 0 Å². The highest BCUT2D eigenvalue weighted by atomic mass is 16.5. The van der Waals surface area contributed by atoms with Crippen LogP contribution in [-0.2, 0) is 12.0 Å². The molecule has 112 valence electrons. The highest BCUT2D eigenvalue weighted by Crippen LogP contribution is 2.39. The van der Waals surface area contributed by atoms with Crippen LogP contribution in [0.1, 0.15) is 44.7 Å². The first-order valence-corrected chi connectivity index (χ1v) is 7.72. The SMILES string of the molecule is CCc1ccccc1OC(CC)(CC)c1ccccc1O. The second-order valence-electron chi connectivity index (χ2n) is 5.28. The maximum atomic E-state index is 10.2. The second kappa shape index (κ2) is 6.66. The molecule has 0 amide bonds. The molecular weight excluding hydrogens is 260 g/mol. The number of phenols is 1. The average Bonchev–Trinajstić information content (AvgIpc) is 2.54. The molecule has 0 bridgehead atoms. The molecule has 0 heterocycles. The van der Waals surface area contributed by atoms with Crippen molar-refractivity contribution in [2.24, 2.45) is 0 Å². The first kappa shape index (κ1) is 15.4. The maximum absolute atomic E-state index is 10.2. The van der Waals surface area contributed by atoms with Gasteiger partial charge in [0.2, 0.25) is 0 Å². The molecule has 2 aromatic rings. The van der Waals surface area contributed by atoms with Gasteiger partial charge in [0, 0.05) is 5.56 Å². The molecule has 0 saturated heterocycles. The largest absolute Gasteiger partial charge is 0.508 e. The van der Waals surface area contributed by atoms with Crippen LogP contribution < -0.4 is 4.74 Å². The number of ether oxygens (including phenoxy) is 1. The van der Waals surface area contributed by atoms with Crippen LogP contribution in [0.2, 0.25) is 0 Å². The molecular formula is C19H24O2. The van der Waals surface area contributed by atoms with Gasteiger partial charge in [0.15, 0.2) is 0 Å². The zero-order valence-corrected chi connectivity index (χ0v) is 13.1. The van der Waals surface area contributed by atoms with Gasteiger partial charge in [0.25, 0.3) is 0 Å². The van der Waals surface area contributed by atoms with E-state index in [9.17, 15) is 5.11 Å². The van der Waals surface area contributed by atoms with Crippen LogP contribution in [0.25, 0.3) is 0 Å². The molecule has 0 spiro atoms. The van der Waals surface area contributed by atoms with E-state index in [0.717, 1.165) is 30.6 Å². The standard InChI is InChI=1S/C19H24O2/c1-4-15-11-7-10-14-18(15)21-19(5-2,6-3)16-12-8-9-13-17(16)20/h7-14,20H,4-6H2,1-3H3. The van der Waals surface area contributed by atoms with Gasteiger partial charge in [0.05, 0.1) is 0 Å². The first-order valence-electron chi connectivity index (χ1n) is 7.72. The van der Waals surface area contributed by atoms with Crippen molar-refractivity contribution in [3.8, 4) is 11.5 Å². The van der Waals surface area contributed by atoms with E-state index in [-0.39, 0.29) is 0 Å². The van der Waals surface area contributed by atoms with E-state index in [4.69, 9.17) is 4.74 Å². The number of aromatic hydroxyl groups is 1. The molecule has 2 heteroatoms. The Morgan fingerprint density at radius 1 is 0.905 bits per heavy atom. The lowest BCUT2D eigenvalue weighted by molar-refractivity contribution is 0.0538. The van der Waals surface area contributed by atoms with E-state index in [1.54, 1.807) is 6.07 Å². The second-order valence-corrected chi connectivity index (χ2v) is 5.28. The Kier molecular flexibility index (Phi) is 4.89. The molecule has 0 saturated carbocycles. The third-order valence-corrected chi connectivity index (χ3v) is 4.20. The number of phenolic OH excluding ortho intramolecular Hbond substituents is 1. The third kappa shape index (κ3) is 3.05. The van der Waals surface area contributed by atoms with Gasteiger partial charge in [-0.15, -0.1) is 0 Å². The Balaban J connectivity index is 2.46. The average molecular weight is 284 g/mol. The van der Waals surface area contributed by atoms with Crippen LogP contribution >= 0.6 is 0 Å². The predicted octanol–water partition coefficient (Wildman–Crippen LogP) is 5.05. The number of hydrogen-bond donors (Lipinski definition) is 1. The minimum absolute atomic E-state index is 0.301. The lowest BCUT2D eigenvalue weighted by atomic mass is 9.87.